The molecule has 4 heterocycles. The number of rotatable bonds is 5. The van der Waals surface area contributed by atoms with Crippen LogP contribution in [0.3, 0.4) is 0 Å². The highest BCUT2D eigenvalue weighted by Crippen LogP contribution is 2.44. The number of hydrogen-bond acceptors (Lipinski definition) is 8. The summed E-state index contributed by atoms with van der Waals surface area (Å²) < 4.78 is 13.1. The van der Waals surface area contributed by atoms with Crippen LogP contribution < -0.4 is 10.2 Å². The van der Waals surface area contributed by atoms with E-state index in [2.05, 4.69) is 26.3 Å². The van der Waals surface area contributed by atoms with Crippen LogP contribution in [0.4, 0.5) is 11.8 Å². The Kier molecular flexibility index (Phi) is 5.38. The van der Waals surface area contributed by atoms with Gasteiger partial charge in [-0.05, 0) is 50.5 Å². The summed E-state index contributed by atoms with van der Waals surface area (Å²) in [6.45, 7) is 0.851. The second-order valence-electron chi connectivity index (χ2n) is 9.57. The predicted octanol–water partition coefficient (Wildman–Crippen LogP) is 2.98. The molecule has 2 aliphatic carbocycles. The topological polar surface area (TPSA) is 104 Å². The van der Waals surface area contributed by atoms with Crippen LogP contribution in [0.1, 0.15) is 50.0 Å². The van der Waals surface area contributed by atoms with Gasteiger partial charge in [-0.25, -0.2) is 15.0 Å². The lowest BCUT2D eigenvalue weighted by atomic mass is 9.77. The lowest BCUT2D eigenvalue weighted by Crippen LogP contribution is -2.49. The zero-order valence-corrected chi connectivity index (χ0v) is 19.9. The number of hydrogen-bond donors (Lipinski definition) is 2. The molecule has 10 heteroatoms. The van der Waals surface area contributed by atoms with E-state index in [1.807, 2.05) is 0 Å². The summed E-state index contributed by atoms with van der Waals surface area (Å²) in [6, 6.07) is 0.182. The Balaban J connectivity index is 1.35. The van der Waals surface area contributed by atoms with Crippen molar-refractivity contribution in [3.63, 3.8) is 0 Å². The number of aliphatic hydroxyl groups excluding tert-OH is 1. The Hall–Kier alpha value is -2.10. The normalized spacial score (nSPS) is 27.5. The van der Waals surface area contributed by atoms with Crippen LogP contribution in [0.2, 0.25) is 5.02 Å². The Morgan fingerprint density at radius 3 is 2.70 bits per heavy atom. The lowest BCUT2D eigenvalue weighted by Gasteiger charge is -2.42. The first-order valence-corrected chi connectivity index (χ1v) is 13.4. The number of aromatic nitrogens is 4. The van der Waals surface area contributed by atoms with E-state index in [-0.39, 0.29) is 18.2 Å². The van der Waals surface area contributed by atoms with E-state index < -0.39 is 10.8 Å². The maximum absolute atomic E-state index is 13.1. The van der Waals surface area contributed by atoms with Gasteiger partial charge in [0.25, 0.3) is 0 Å². The van der Waals surface area contributed by atoms with Crippen molar-refractivity contribution in [2.24, 2.45) is 5.92 Å². The van der Waals surface area contributed by atoms with Crippen molar-refractivity contribution in [3.8, 4) is 0 Å². The molecule has 6 rings (SSSR count). The monoisotopic (exact) mass is 486 g/mol. The van der Waals surface area contributed by atoms with E-state index in [1.54, 1.807) is 12.4 Å². The van der Waals surface area contributed by atoms with Crippen molar-refractivity contribution >= 4 is 39.7 Å². The number of aliphatic hydroxyl groups is 1. The number of halogens is 1. The average Bonchev–Trinajstić information content (AvgIpc) is 3.35. The summed E-state index contributed by atoms with van der Waals surface area (Å²) in [4.78, 5) is 21.7. The van der Waals surface area contributed by atoms with Gasteiger partial charge in [-0.15, -0.1) is 0 Å². The molecule has 2 aromatic heterocycles. The zero-order valence-electron chi connectivity index (χ0n) is 18.3. The summed E-state index contributed by atoms with van der Waals surface area (Å²) in [7, 11) is -1.13. The van der Waals surface area contributed by atoms with Crippen LogP contribution in [0.15, 0.2) is 23.4 Å². The fraction of sp³-hybridized carbons (Fsp3) is 0.565. The number of fused-ring (bicyclic) bond motifs is 3. The average molecular weight is 487 g/mol. The number of nitrogens with zero attached hydrogens (tertiary/aromatic N) is 5. The van der Waals surface area contributed by atoms with E-state index in [0.717, 1.165) is 73.5 Å². The Morgan fingerprint density at radius 2 is 2.03 bits per heavy atom. The van der Waals surface area contributed by atoms with Crippen molar-refractivity contribution in [3.05, 3.63) is 35.0 Å². The first-order chi connectivity index (χ1) is 16.0. The fourth-order valence-corrected chi connectivity index (χ4v) is 6.94. The van der Waals surface area contributed by atoms with Gasteiger partial charge in [-0.3, -0.25) is 4.21 Å². The molecule has 1 saturated heterocycles. The van der Waals surface area contributed by atoms with Crippen molar-refractivity contribution in [2.75, 3.05) is 29.1 Å². The third-order valence-electron chi connectivity index (χ3n) is 7.43. The van der Waals surface area contributed by atoms with E-state index in [4.69, 9.17) is 21.6 Å². The SMILES string of the molecule is O=S1CCCCc2nc(N3CC4CC3C=C4c3ncc(Cl)cn3)nc(NC3(CO)CCC3)c21. The maximum atomic E-state index is 13.1. The Labute approximate surface area is 200 Å². The molecular formula is C23H27ClN6O2S. The molecule has 3 unspecified atom stereocenters. The molecule has 0 aromatic carbocycles. The highest BCUT2D eigenvalue weighted by Gasteiger charge is 2.43. The van der Waals surface area contributed by atoms with Crippen LogP contribution in [-0.2, 0) is 17.2 Å². The van der Waals surface area contributed by atoms with Crippen LogP contribution >= 0.6 is 11.6 Å². The predicted molar refractivity (Wildman–Crippen MR) is 128 cm³/mol. The van der Waals surface area contributed by atoms with E-state index >= 15 is 0 Å². The van der Waals surface area contributed by atoms with E-state index in [1.165, 1.54) is 0 Å². The molecule has 2 bridgehead atoms. The van der Waals surface area contributed by atoms with Crippen LogP contribution in [0.5, 0.6) is 0 Å². The van der Waals surface area contributed by atoms with Crippen molar-refractivity contribution < 1.29 is 9.32 Å². The van der Waals surface area contributed by atoms with Gasteiger partial charge >= 0.3 is 0 Å². The van der Waals surface area contributed by atoms with Crippen molar-refractivity contribution in [1.82, 2.24) is 19.9 Å². The smallest absolute Gasteiger partial charge is 0.228 e. The van der Waals surface area contributed by atoms with Crippen molar-refractivity contribution in [1.29, 1.82) is 0 Å². The van der Waals surface area contributed by atoms with E-state index in [9.17, 15) is 9.32 Å². The first kappa shape index (κ1) is 21.4. The molecule has 33 heavy (non-hydrogen) atoms. The zero-order chi connectivity index (χ0) is 22.6. The van der Waals surface area contributed by atoms with Gasteiger partial charge < -0.3 is 15.3 Å². The van der Waals surface area contributed by atoms with Gasteiger partial charge in [0, 0.05) is 30.6 Å². The number of nitrogens with one attached hydrogen (secondary N) is 1. The number of aryl methyl sites for hydroxylation is 1. The lowest BCUT2D eigenvalue weighted by molar-refractivity contribution is 0.143. The summed E-state index contributed by atoms with van der Waals surface area (Å²) in [5.74, 6) is 3.03. The number of anilines is 2. The molecule has 8 nitrogen and oxygen atoms in total. The molecular weight excluding hydrogens is 460 g/mol. The van der Waals surface area contributed by atoms with Gasteiger partial charge in [-0.1, -0.05) is 17.7 Å². The summed E-state index contributed by atoms with van der Waals surface area (Å²) in [5.41, 5.74) is 1.69. The third-order valence-corrected chi connectivity index (χ3v) is 9.17. The molecule has 2 fully saturated rings. The van der Waals surface area contributed by atoms with Crippen molar-refractivity contribution in [2.45, 2.75) is 61.4 Å². The minimum Gasteiger partial charge on any atom is -0.394 e. The van der Waals surface area contributed by atoms with Crippen LogP contribution in [0.25, 0.3) is 5.57 Å². The summed E-state index contributed by atoms with van der Waals surface area (Å²) >= 11 is 5.95. The molecule has 0 amide bonds. The minimum absolute atomic E-state index is 0.0509. The van der Waals surface area contributed by atoms with Crippen LogP contribution in [-0.4, -0.2) is 59.7 Å². The highest BCUT2D eigenvalue weighted by atomic mass is 35.5. The van der Waals surface area contributed by atoms with Gasteiger partial charge in [0.15, 0.2) is 5.82 Å². The van der Waals surface area contributed by atoms with Gasteiger partial charge in [-0.2, -0.15) is 4.98 Å². The molecule has 2 aliphatic heterocycles. The molecule has 2 N–H and O–H groups in total. The summed E-state index contributed by atoms with van der Waals surface area (Å²) in [6.07, 6.45) is 12.0. The fourth-order valence-electron chi connectivity index (χ4n) is 5.45. The molecule has 4 aliphatic rings. The largest absolute Gasteiger partial charge is 0.394 e. The molecule has 1 saturated carbocycles. The van der Waals surface area contributed by atoms with Gasteiger partial charge in [0.1, 0.15) is 10.7 Å². The third kappa shape index (κ3) is 3.74. The summed E-state index contributed by atoms with van der Waals surface area (Å²) in [5, 5.41) is 14.1. The Morgan fingerprint density at radius 1 is 1.21 bits per heavy atom. The second-order valence-corrected chi connectivity index (χ2v) is 11.5. The molecule has 2 aromatic rings. The maximum Gasteiger partial charge on any atom is 0.228 e. The first-order valence-electron chi connectivity index (χ1n) is 11.7. The molecule has 3 atom stereocenters. The molecule has 0 radical (unpaired) electrons. The quantitative estimate of drug-likeness (QED) is 0.664. The van der Waals surface area contributed by atoms with Gasteiger partial charge in [0.05, 0.1) is 39.7 Å². The Bertz CT molecular complexity index is 1130. The minimum atomic E-state index is -1.13. The second kappa shape index (κ2) is 8.29. The molecule has 174 valence electrons. The van der Waals surface area contributed by atoms with E-state index in [0.29, 0.717) is 28.5 Å². The highest BCUT2D eigenvalue weighted by molar-refractivity contribution is 7.85. The standard InChI is InChI=1S/C23H27ClN6O2S/c24-15-10-25-20(26-11-15)17-9-16-8-14(17)12-30(16)22-27-18-4-1-2-7-33(32)19(18)21(28-22)29-23(13-31)5-3-6-23/h9-11,14,16,31H,1-8,12-13H2,(H,27,28,29). The van der Waals surface area contributed by atoms with Gasteiger partial charge in [0.2, 0.25) is 5.95 Å². The van der Waals surface area contributed by atoms with Crippen LogP contribution in [0, 0.1) is 5.92 Å². The molecule has 0 spiro atoms.